The molecule has 1 rings (SSSR count). The van der Waals surface area contributed by atoms with Crippen LogP contribution < -0.4 is 32.3 Å². The summed E-state index contributed by atoms with van der Waals surface area (Å²) in [6, 6.07) is 1.72. The number of rotatable bonds is 19. The Balaban J connectivity index is 3.03. The summed E-state index contributed by atoms with van der Waals surface area (Å²) in [6.07, 6.45) is -1.24. The minimum Gasteiger partial charge on any atom is -0.481 e. The lowest BCUT2D eigenvalue weighted by molar-refractivity contribution is -0.143. The Morgan fingerprint density at radius 3 is 1.76 bits per heavy atom. The molecule has 0 unspecified atom stereocenters. The van der Waals surface area contributed by atoms with Gasteiger partial charge in [0, 0.05) is 19.8 Å². The van der Waals surface area contributed by atoms with Gasteiger partial charge in [-0.3, -0.25) is 33.6 Å². The number of carbonyl (C=O) groups excluding carboxylic acids is 6. The van der Waals surface area contributed by atoms with Crippen molar-refractivity contribution in [1.29, 1.82) is 0 Å². The van der Waals surface area contributed by atoms with E-state index in [1.807, 2.05) is 0 Å². The van der Waals surface area contributed by atoms with Crippen molar-refractivity contribution in [2.75, 3.05) is 0 Å². The van der Waals surface area contributed by atoms with E-state index in [1.54, 1.807) is 44.2 Å². The van der Waals surface area contributed by atoms with Crippen LogP contribution in [0.2, 0.25) is 0 Å². The van der Waals surface area contributed by atoms with Crippen molar-refractivity contribution in [1.82, 2.24) is 26.6 Å². The maximum atomic E-state index is 13.2. The highest BCUT2D eigenvalue weighted by Gasteiger charge is 2.32. The van der Waals surface area contributed by atoms with Gasteiger partial charge in [-0.05, 0) is 31.2 Å². The zero-order valence-electron chi connectivity index (χ0n) is 25.6. The summed E-state index contributed by atoms with van der Waals surface area (Å²) in [5.41, 5.74) is 5.79. The number of carboxylic acid groups (broad SMARTS) is 2. The molecule has 6 amide bonds. The van der Waals surface area contributed by atoms with Gasteiger partial charge in [0.05, 0.1) is 6.42 Å². The molecule has 248 valence electrons. The van der Waals surface area contributed by atoms with E-state index in [0.717, 1.165) is 6.92 Å². The average Bonchev–Trinajstić information content (AvgIpc) is 2.93. The molecule has 0 aliphatic rings. The maximum Gasteiger partial charge on any atom is 0.326 e. The Morgan fingerprint density at radius 1 is 0.711 bits per heavy atom. The molecule has 9 N–H and O–H groups in total. The van der Waals surface area contributed by atoms with Crippen LogP contribution in [0.1, 0.15) is 58.9 Å². The van der Waals surface area contributed by atoms with E-state index in [2.05, 4.69) is 26.6 Å². The fourth-order valence-electron chi connectivity index (χ4n) is 4.16. The minimum atomic E-state index is -1.68. The van der Waals surface area contributed by atoms with Gasteiger partial charge in [-0.15, -0.1) is 0 Å². The van der Waals surface area contributed by atoms with Gasteiger partial charge in [0.2, 0.25) is 35.4 Å². The third-order valence-corrected chi connectivity index (χ3v) is 6.37. The van der Waals surface area contributed by atoms with Crippen LogP contribution in [-0.2, 0) is 44.8 Å². The van der Waals surface area contributed by atoms with E-state index in [1.165, 1.54) is 6.92 Å². The van der Waals surface area contributed by atoms with Crippen LogP contribution >= 0.6 is 0 Å². The van der Waals surface area contributed by atoms with E-state index in [0.29, 0.717) is 5.56 Å². The Labute approximate surface area is 260 Å². The van der Waals surface area contributed by atoms with Gasteiger partial charge in [-0.1, -0.05) is 44.2 Å². The van der Waals surface area contributed by atoms with E-state index in [9.17, 15) is 48.6 Å². The highest BCUT2D eigenvalue weighted by atomic mass is 16.4. The van der Waals surface area contributed by atoms with Crippen molar-refractivity contribution < 1.29 is 48.6 Å². The van der Waals surface area contributed by atoms with Gasteiger partial charge < -0.3 is 42.5 Å². The van der Waals surface area contributed by atoms with Crippen LogP contribution in [0.4, 0.5) is 0 Å². The zero-order valence-corrected chi connectivity index (χ0v) is 25.6. The Hall–Kier alpha value is -5.02. The molecule has 0 heterocycles. The summed E-state index contributed by atoms with van der Waals surface area (Å²) in [6.45, 7) is 5.90. The maximum absolute atomic E-state index is 13.2. The van der Waals surface area contributed by atoms with Crippen LogP contribution in [0.5, 0.6) is 0 Å². The molecule has 1 aromatic carbocycles. The molecule has 0 aliphatic carbocycles. The first kappa shape index (κ1) is 38.0. The number of carbonyl (C=O) groups is 8. The molecule has 0 aliphatic heterocycles. The normalized spacial score (nSPS) is 14.1. The van der Waals surface area contributed by atoms with Crippen LogP contribution in [0, 0.1) is 5.92 Å². The van der Waals surface area contributed by atoms with Crippen molar-refractivity contribution in [3.63, 3.8) is 0 Å². The molecule has 0 bridgehead atoms. The Bertz CT molecular complexity index is 1240. The lowest BCUT2D eigenvalue weighted by Gasteiger charge is -2.26. The molecule has 0 radical (unpaired) electrons. The van der Waals surface area contributed by atoms with Crippen molar-refractivity contribution in [3.8, 4) is 0 Å². The van der Waals surface area contributed by atoms with Crippen LogP contribution in [0.15, 0.2) is 30.3 Å². The fourth-order valence-corrected chi connectivity index (χ4v) is 4.16. The lowest BCUT2D eigenvalue weighted by Crippen LogP contribution is -2.59. The topological polar surface area (TPSA) is 263 Å². The third kappa shape index (κ3) is 14.8. The molecule has 5 atom stereocenters. The predicted octanol–water partition coefficient (Wildman–Crippen LogP) is -1.44. The second-order valence-electron chi connectivity index (χ2n) is 10.9. The minimum absolute atomic E-state index is 0.0332. The van der Waals surface area contributed by atoms with Gasteiger partial charge in [0.15, 0.2) is 0 Å². The standard InChI is InChI=1S/C29H42N6O10/c1-15(2)12-20(33-26(41)19(32-17(4)36)10-11-23(30)37)28(43)34-21(14-24(38)39)27(42)31-16(3)25(40)35-22(29(44)45)13-18-8-6-5-7-9-18/h5-9,15-16,19-22H,10-14H2,1-4H3,(H2,30,37)(H,31,42)(H,32,36)(H,33,41)(H,34,43)(H,35,40)(H,38,39)(H,44,45)/t16-,19-,20-,21-,22-/m0/s1. The largest absolute Gasteiger partial charge is 0.481 e. The van der Waals surface area contributed by atoms with Gasteiger partial charge in [-0.25, -0.2) is 4.79 Å². The summed E-state index contributed by atoms with van der Waals surface area (Å²) in [5.74, 6) is -7.85. The molecule has 0 saturated carbocycles. The second kappa shape index (κ2) is 18.6. The molecule has 16 nitrogen and oxygen atoms in total. The number of amides is 6. The molecule has 0 spiro atoms. The van der Waals surface area contributed by atoms with Crippen molar-refractivity contribution in [2.24, 2.45) is 11.7 Å². The lowest BCUT2D eigenvalue weighted by atomic mass is 10.0. The van der Waals surface area contributed by atoms with Crippen molar-refractivity contribution in [3.05, 3.63) is 35.9 Å². The van der Waals surface area contributed by atoms with Crippen molar-refractivity contribution >= 4 is 47.4 Å². The van der Waals surface area contributed by atoms with Crippen LogP contribution in [0.25, 0.3) is 0 Å². The van der Waals surface area contributed by atoms with Crippen LogP contribution in [-0.4, -0.2) is 87.8 Å². The van der Waals surface area contributed by atoms with Gasteiger partial charge in [0.25, 0.3) is 0 Å². The molecule has 0 aromatic heterocycles. The van der Waals surface area contributed by atoms with Gasteiger partial charge in [-0.2, -0.15) is 0 Å². The van der Waals surface area contributed by atoms with Gasteiger partial charge >= 0.3 is 11.9 Å². The van der Waals surface area contributed by atoms with Crippen LogP contribution in [0.3, 0.4) is 0 Å². The Morgan fingerprint density at radius 2 is 1.24 bits per heavy atom. The number of nitrogens with two attached hydrogens (primary N) is 1. The monoisotopic (exact) mass is 634 g/mol. The van der Waals surface area contributed by atoms with E-state index in [-0.39, 0.29) is 31.6 Å². The SMILES string of the molecule is CC(=O)N[C@@H](CCC(N)=O)C(=O)N[C@@H](CC(C)C)C(=O)N[C@@H](CC(=O)O)C(=O)N[C@@H](C)C(=O)N[C@@H](Cc1ccccc1)C(=O)O. The van der Waals surface area contributed by atoms with E-state index in [4.69, 9.17) is 5.73 Å². The quantitative estimate of drug-likeness (QED) is 0.0879. The first-order valence-electron chi connectivity index (χ1n) is 14.3. The number of hydrogen-bond donors (Lipinski definition) is 8. The fraction of sp³-hybridized carbons (Fsp3) is 0.517. The van der Waals surface area contributed by atoms with E-state index < -0.39 is 84.0 Å². The molecule has 0 saturated heterocycles. The summed E-state index contributed by atoms with van der Waals surface area (Å²) in [4.78, 5) is 98.0. The van der Waals surface area contributed by atoms with Crippen molar-refractivity contribution in [2.45, 2.75) is 90.0 Å². The zero-order chi connectivity index (χ0) is 34.3. The summed E-state index contributed by atoms with van der Waals surface area (Å²) >= 11 is 0. The highest BCUT2D eigenvalue weighted by Crippen LogP contribution is 2.09. The average molecular weight is 635 g/mol. The first-order valence-corrected chi connectivity index (χ1v) is 14.3. The molecule has 45 heavy (non-hydrogen) atoms. The summed E-state index contributed by atoms with van der Waals surface area (Å²) in [7, 11) is 0. The number of hydrogen-bond acceptors (Lipinski definition) is 8. The van der Waals surface area contributed by atoms with E-state index >= 15 is 0 Å². The summed E-state index contributed by atoms with van der Waals surface area (Å²) < 4.78 is 0. The number of benzene rings is 1. The molecule has 16 heteroatoms. The molecule has 0 fully saturated rings. The van der Waals surface area contributed by atoms with Gasteiger partial charge in [0.1, 0.15) is 30.2 Å². The third-order valence-electron chi connectivity index (χ3n) is 6.37. The first-order chi connectivity index (χ1) is 21.0. The molecular weight excluding hydrogens is 592 g/mol. The number of aliphatic carboxylic acids is 2. The molecule has 1 aromatic rings. The summed E-state index contributed by atoms with van der Waals surface area (Å²) in [5, 5.41) is 30.7. The molecular formula is C29H42N6O10. The number of primary amides is 1. The second-order valence-corrected chi connectivity index (χ2v) is 10.9. The number of carboxylic acids is 2. The number of nitrogens with one attached hydrogen (secondary N) is 5. The predicted molar refractivity (Wildman–Crippen MR) is 159 cm³/mol. The highest BCUT2D eigenvalue weighted by molar-refractivity contribution is 5.97. The smallest absolute Gasteiger partial charge is 0.326 e. The Kier molecular flexibility index (Phi) is 15.7.